The van der Waals surface area contributed by atoms with Gasteiger partial charge in [-0.05, 0) is 38.2 Å². The van der Waals surface area contributed by atoms with Crippen molar-refractivity contribution in [2.24, 2.45) is 0 Å². The number of hydrogen-bond donors (Lipinski definition) is 1. The molecule has 0 atom stereocenters. The van der Waals surface area contributed by atoms with Gasteiger partial charge in [0.25, 0.3) is 11.7 Å². The normalized spacial score (nSPS) is 17.7. The lowest BCUT2D eigenvalue weighted by molar-refractivity contribution is -0.126. The lowest BCUT2D eigenvalue weighted by Gasteiger charge is -2.28. The number of hydrogen-bond acceptors (Lipinski definition) is 7. The summed E-state index contributed by atoms with van der Waals surface area (Å²) >= 11 is 0. The van der Waals surface area contributed by atoms with Gasteiger partial charge in [0.2, 0.25) is 5.70 Å². The van der Waals surface area contributed by atoms with E-state index in [1.165, 1.54) is 18.0 Å². The van der Waals surface area contributed by atoms with Crippen LogP contribution in [-0.2, 0) is 4.79 Å². The van der Waals surface area contributed by atoms with Crippen LogP contribution in [0.5, 0.6) is 5.75 Å². The molecule has 0 bridgehead atoms. The highest BCUT2D eigenvalue weighted by Gasteiger charge is 2.30. The first-order valence-corrected chi connectivity index (χ1v) is 11.0. The van der Waals surface area contributed by atoms with Gasteiger partial charge in [0.15, 0.2) is 5.82 Å². The van der Waals surface area contributed by atoms with Gasteiger partial charge in [-0.3, -0.25) is 14.6 Å². The van der Waals surface area contributed by atoms with E-state index in [2.05, 4.69) is 29.9 Å². The number of ether oxygens (including phenoxy) is 1. The highest BCUT2D eigenvalue weighted by molar-refractivity contribution is 6.45. The second kappa shape index (κ2) is 9.66. The Hall–Kier alpha value is -4.85. The Bertz CT molecular complexity index is 1960. The number of amides is 1. The van der Waals surface area contributed by atoms with Crippen LogP contribution in [0, 0.1) is 20.3 Å². The molecular formula is C26H24N8O3. The minimum Gasteiger partial charge on any atom is -0.494 e. The van der Waals surface area contributed by atoms with E-state index in [-0.39, 0.29) is 89.2 Å². The van der Waals surface area contributed by atoms with Gasteiger partial charge < -0.3 is 14.6 Å². The van der Waals surface area contributed by atoms with E-state index < -0.39 is 31.4 Å². The van der Waals surface area contributed by atoms with Crippen LogP contribution < -0.4 is 4.74 Å². The van der Waals surface area contributed by atoms with Crippen molar-refractivity contribution >= 4 is 28.3 Å². The van der Waals surface area contributed by atoms with Crippen LogP contribution in [0.2, 0.25) is 0 Å². The fraction of sp³-hybridized carbons (Fsp3) is 0.269. The molecule has 186 valence electrons. The van der Waals surface area contributed by atoms with E-state index in [1.807, 2.05) is 0 Å². The zero-order chi connectivity index (χ0) is 33.7. The number of likely N-dealkylation sites (tertiary alicyclic amines) is 1. The summed E-state index contributed by atoms with van der Waals surface area (Å²) in [5.41, 5.74) is 0.542. The van der Waals surface area contributed by atoms with Gasteiger partial charge in [-0.1, -0.05) is 11.6 Å². The number of methoxy groups -OCH3 is 1. The Morgan fingerprint density at radius 3 is 2.81 bits per heavy atom. The molecule has 0 aliphatic carbocycles. The maximum atomic E-state index is 13.6. The van der Waals surface area contributed by atoms with E-state index in [0.717, 1.165) is 17.2 Å². The number of piperidine rings is 1. The van der Waals surface area contributed by atoms with Gasteiger partial charge >= 0.3 is 0 Å². The highest BCUT2D eigenvalue weighted by Crippen LogP contribution is 2.32. The molecule has 0 unspecified atom stereocenters. The number of fused-ring (bicyclic) bond motifs is 1. The van der Waals surface area contributed by atoms with Crippen molar-refractivity contribution in [1.82, 2.24) is 34.6 Å². The van der Waals surface area contributed by atoms with Crippen LogP contribution in [0.1, 0.15) is 52.6 Å². The highest BCUT2D eigenvalue weighted by atomic mass is 16.5. The molecule has 0 saturated carbocycles. The lowest BCUT2D eigenvalue weighted by Crippen LogP contribution is -2.40. The van der Waals surface area contributed by atoms with Crippen LogP contribution in [0.15, 0.2) is 42.6 Å². The molecule has 0 spiro atoms. The van der Waals surface area contributed by atoms with Gasteiger partial charge in [0, 0.05) is 29.6 Å². The van der Waals surface area contributed by atoms with E-state index in [9.17, 15) is 9.59 Å². The third-order valence-corrected chi connectivity index (χ3v) is 5.94. The molecule has 1 amide bonds. The van der Waals surface area contributed by atoms with Gasteiger partial charge in [0.1, 0.15) is 17.9 Å². The number of carbonyl (C=O) groups excluding carboxylic acids is 2. The molecule has 4 aromatic rings. The summed E-state index contributed by atoms with van der Waals surface area (Å²) in [7, 11) is -2.94. The number of aryl methyl sites for hydroxylation is 1. The Balaban J connectivity index is 1.46. The third-order valence-electron chi connectivity index (χ3n) is 5.94. The fourth-order valence-electron chi connectivity index (χ4n) is 4.14. The number of nitrogens with one attached hydrogen (secondary N) is 1. The zero-order valence-corrected chi connectivity index (χ0v) is 19.4. The van der Waals surface area contributed by atoms with Crippen molar-refractivity contribution in [2.75, 3.05) is 20.1 Å². The van der Waals surface area contributed by atoms with Crippen LogP contribution in [0.4, 0.5) is 0 Å². The van der Waals surface area contributed by atoms with Crippen LogP contribution in [-0.4, -0.2) is 66.4 Å². The van der Waals surface area contributed by atoms with Crippen LogP contribution in [0.25, 0.3) is 27.3 Å². The van der Waals surface area contributed by atoms with E-state index >= 15 is 0 Å². The predicted octanol–water partition coefficient (Wildman–Crippen LogP) is 3.30. The first-order valence-electron chi connectivity index (χ1n) is 15.5. The van der Waals surface area contributed by atoms with Gasteiger partial charge in [0.05, 0.1) is 50.2 Å². The molecule has 37 heavy (non-hydrogen) atoms. The molecule has 1 aliphatic heterocycles. The standard InChI is InChI=1S/C26H24N8O3/c1-15-5-6-19(28-11-15)22(27-3)17-7-9-33(10-8-17)26(36)24(35)18-12-29-23-21(18)20(37-4)13-30-25(23)34-14-31-16(2)32-34/h5-6,11-14,29H,7-10H2,1-2,4H3/i2D3,4D3,5D,6D,11D. The van der Waals surface area contributed by atoms with Crippen molar-refractivity contribution in [3.05, 3.63) is 76.6 Å². The first kappa shape index (κ1) is 15.3. The summed E-state index contributed by atoms with van der Waals surface area (Å²) in [6.45, 7) is 6.63. The number of Topliss-reactive ketones (excluding diaryl/α,β-unsaturated/α-hetero) is 1. The number of ketones is 1. The number of pyridine rings is 2. The largest absolute Gasteiger partial charge is 0.494 e. The topological polar surface area (TPSA) is 123 Å². The number of H-pyrrole nitrogens is 1. The minimum absolute atomic E-state index is 0.0308. The third kappa shape index (κ3) is 4.33. The summed E-state index contributed by atoms with van der Waals surface area (Å²) in [4.78, 5) is 46.6. The van der Waals surface area contributed by atoms with Crippen molar-refractivity contribution in [3.8, 4) is 11.6 Å². The van der Waals surface area contributed by atoms with Gasteiger partial charge in [-0.2, -0.15) is 5.10 Å². The van der Waals surface area contributed by atoms with Crippen molar-refractivity contribution in [3.63, 3.8) is 0 Å². The lowest BCUT2D eigenvalue weighted by atomic mass is 9.99. The first-order chi connectivity index (χ1) is 21.5. The van der Waals surface area contributed by atoms with Crippen LogP contribution in [0.3, 0.4) is 0 Å². The van der Waals surface area contributed by atoms with Crippen LogP contribution >= 0.6 is 0 Å². The summed E-state index contributed by atoms with van der Waals surface area (Å²) < 4.78 is 75.7. The smallest absolute Gasteiger partial charge is 0.295 e. The number of carbonyl (C=O) groups is 2. The molecule has 4 aromatic heterocycles. The van der Waals surface area contributed by atoms with Crippen molar-refractivity contribution in [1.29, 1.82) is 0 Å². The maximum absolute atomic E-state index is 13.6. The Morgan fingerprint density at radius 1 is 1.24 bits per heavy atom. The molecule has 11 nitrogen and oxygen atoms in total. The molecule has 1 aliphatic rings. The SMILES string of the molecule is [2H]c1nc(C([N+]#[C-])=C2CCN(C(=O)C(=O)c3c[nH]c4c(-n5cnc(C([2H])([2H])[2H])n5)ncc(OC([2H])([2H])[2H])c34)CC2)c([2H])c([2H])c1C. The maximum Gasteiger partial charge on any atom is 0.295 e. The van der Waals surface area contributed by atoms with E-state index in [4.69, 9.17) is 23.6 Å². The van der Waals surface area contributed by atoms with Crippen molar-refractivity contribution in [2.45, 2.75) is 26.6 Å². The predicted molar refractivity (Wildman–Crippen MR) is 135 cm³/mol. The molecule has 1 N–H and O–H groups in total. The average Bonchev–Trinajstić information content (AvgIpc) is 3.67. The Morgan fingerprint density at radius 2 is 2.08 bits per heavy atom. The Kier molecular flexibility index (Phi) is 3.99. The number of rotatable bonds is 5. The monoisotopic (exact) mass is 505 g/mol. The van der Waals surface area contributed by atoms with Gasteiger partial charge in [-0.25, -0.2) is 19.5 Å². The van der Waals surface area contributed by atoms with Gasteiger partial charge in [-0.15, -0.1) is 0 Å². The number of nitrogens with zero attached hydrogens (tertiary/aromatic N) is 7. The summed E-state index contributed by atoms with van der Waals surface area (Å²) in [6, 6.07) is -0.472. The molecule has 5 heterocycles. The molecule has 11 heteroatoms. The molecule has 5 rings (SSSR count). The average molecular weight is 506 g/mol. The summed E-state index contributed by atoms with van der Waals surface area (Å²) in [5, 5.41) is 3.83. The zero-order valence-electron chi connectivity index (χ0n) is 28.4. The molecule has 1 fully saturated rings. The number of aromatic nitrogens is 6. The Labute approximate surface area is 225 Å². The second-order valence-electron chi connectivity index (χ2n) is 8.15. The minimum atomic E-state index is -2.94. The summed E-state index contributed by atoms with van der Waals surface area (Å²) in [6.07, 6.45) is 3.41. The van der Waals surface area contributed by atoms with E-state index in [1.54, 1.807) is 0 Å². The quantitative estimate of drug-likeness (QED) is 0.251. The number of aromatic amines is 1. The molecular weight excluding hydrogens is 472 g/mol. The summed E-state index contributed by atoms with van der Waals surface area (Å²) in [5.74, 6) is -2.75. The van der Waals surface area contributed by atoms with Crippen molar-refractivity contribution < 1.29 is 26.7 Å². The molecule has 0 aromatic carbocycles. The fourth-order valence-corrected chi connectivity index (χ4v) is 4.14. The molecule has 0 radical (unpaired) electrons. The molecule has 1 saturated heterocycles. The second-order valence-corrected chi connectivity index (χ2v) is 8.15. The van der Waals surface area contributed by atoms with E-state index in [0.29, 0.717) is 5.57 Å².